The predicted octanol–water partition coefficient (Wildman–Crippen LogP) is 2.67. The van der Waals surface area contributed by atoms with Crippen LogP contribution in [0.25, 0.3) is 0 Å². The van der Waals surface area contributed by atoms with Crippen molar-refractivity contribution in [3.8, 4) is 5.88 Å². The molecule has 0 saturated carbocycles. The summed E-state index contributed by atoms with van der Waals surface area (Å²) < 4.78 is 0. The lowest BCUT2D eigenvalue weighted by atomic mass is 10.1. The molecular formula is C14H15ClN2O2. The van der Waals surface area contributed by atoms with E-state index in [1.807, 2.05) is 25.1 Å². The van der Waals surface area contributed by atoms with E-state index < -0.39 is 0 Å². The largest absolute Gasteiger partial charge is 0.493 e. The number of nitrogens with one attached hydrogen (secondary N) is 1. The maximum atomic E-state index is 11.8. The number of aromatic nitrogens is 2. The lowest BCUT2D eigenvalue weighted by Crippen LogP contribution is -2.17. The summed E-state index contributed by atoms with van der Waals surface area (Å²) in [6, 6.07) is 7.34. The number of H-pyrrole nitrogens is 1. The first-order valence-corrected chi connectivity index (χ1v) is 6.54. The topological polar surface area (TPSA) is 66.0 Å². The Morgan fingerprint density at radius 1 is 1.37 bits per heavy atom. The zero-order valence-electron chi connectivity index (χ0n) is 10.6. The average molecular weight is 279 g/mol. The van der Waals surface area contributed by atoms with Crippen molar-refractivity contribution in [2.24, 2.45) is 0 Å². The van der Waals surface area contributed by atoms with E-state index in [1.165, 1.54) is 0 Å². The van der Waals surface area contributed by atoms with Gasteiger partial charge in [0.05, 0.1) is 5.56 Å². The van der Waals surface area contributed by atoms with Crippen LogP contribution >= 0.6 is 11.6 Å². The fraction of sp³-hybridized carbons (Fsp3) is 0.286. The van der Waals surface area contributed by atoms with E-state index in [4.69, 9.17) is 11.6 Å². The third-order valence-electron chi connectivity index (χ3n) is 2.86. The molecule has 0 saturated heterocycles. The summed E-state index contributed by atoms with van der Waals surface area (Å²) in [6.45, 7) is 1.94. The quantitative estimate of drug-likeness (QED) is 0.904. The number of aromatic amines is 1. The van der Waals surface area contributed by atoms with E-state index in [9.17, 15) is 9.90 Å². The van der Waals surface area contributed by atoms with Crippen molar-refractivity contribution in [2.45, 2.75) is 26.2 Å². The van der Waals surface area contributed by atoms with Gasteiger partial charge in [-0.3, -0.25) is 4.79 Å². The highest BCUT2D eigenvalue weighted by Gasteiger charge is 2.11. The normalized spacial score (nSPS) is 10.6. The highest BCUT2D eigenvalue weighted by molar-refractivity contribution is 6.31. The van der Waals surface area contributed by atoms with Gasteiger partial charge in [-0.05, 0) is 18.1 Å². The van der Waals surface area contributed by atoms with Crippen LogP contribution in [0, 0.1) is 0 Å². The summed E-state index contributed by atoms with van der Waals surface area (Å²) in [4.78, 5) is 18.6. The minimum Gasteiger partial charge on any atom is -0.493 e. The molecule has 0 aliphatic carbocycles. The highest BCUT2D eigenvalue weighted by atomic mass is 35.5. The zero-order chi connectivity index (χ0) is 13.8. The summed E-state index contributed by atoms with van der Waals surface area (Å²) in [5.74, 6) is 0.225. The fourth-order valence-corrected chi connectivity index (χ4v) is 2.12. The second kappa shape index (κ2) is 5.89. The van der Waals surface area contributed by atoms with E-state index in [0.29, 0.717) is 29.3 Å². The molecule has 0 fully saturated rings. The van der Waals surface area contributed by atoms with Crippen molar-refractivity contribution in [1.82, 2.24) is 9.97 Å². The van der Waals surface area contributed by atoms with Gasteiger partial charge in [0.1, 0.15) is 5.82 Å². The number of halogens is 1. The molecule has 5 heteroatoms. The number of nitrogens with zero attached hydrogens (tertiary/aromatic N) is 1. The lowest BCUT2D eigenvalue weighted by molar-refractivity contribution is 0.439. The van der Waals surface area contributed by atoms with Gasteiger partial charge in [0, 0.05) is 11.4 Å². The Hall–Kier alpha value is -1.81. The summed E-state index contributed by atoms with van der Waals surface area (Å²) in [5, 5.41) is 10.4. The van der Waals surface area contributed by atoms with E-state index >= 15 is 0 Å². The Kier molecular flexibility index (Phi) is 4.22. The molecule has 0 spiro atoms. The first-order chi connectivity index (χ1) is 9.11. The smallest absolute Gasteiger partial charge is 0.257 e. The predicted molar refractivity (Wildman–Crippen MR) is 74.8 cm³/mol. The second-order valence-electron chi connectivity index (χ2n) is 4.33. The number of hydrogen-bond donors (Lipinski definition) is 2. The third-order valence-corrected chi connectivity index (χ3v) is 3.23. The number of hydrogen-bond acceptors (Lipinski definition) is 3. The molecule has 0 aliphatic rings. The van der Waals surface area contributed by atoms with Crippen LogP contribution in [0.1, 0.15) is 30.3 Å². The maximum absolute atomic E-state index is 11.8. The molecule has 2 N–H and O–H groups in total. The molecule has 1 aromatic carbocycles. The van der Waals surface area contributed by atoms with Crippen LogP contribution in [0.5, 0.6) is 5.88 Å². The Morgan fingerprint density at radius 2 is 2.11 bits per heavy atom. The van der Waals surface area contributed by atoms with Crippen molar-refractivity contribution in [3.63, 3.8) is 0 Å². The van der Waals surface area contributed by atoms with Gasteiger partial charge < -0.3 is 10.1 Å². The number of rotatable bonds is 4. The van der Waals surface area contributed by atoms with Gasteiger partial charge in [-0.2, -0.15) is 4.98 Å². The zero-order valence-corrected chi connectivity index (χ0v) is 11.4. The Labute approximate surface area is 116 Å². The van der Waals surface area contributed by atoms with Gasteiger partial charge in [-0.1, -0.05) is 43.1 Å². The fourth-order valence-electron chi connectivity index (χ4n) is 1.91. The first kappa shape index (κ1) is 13.6. The second-order valence-corrected chi connectivity index (χ2v) is 4.74. The Balaban J connectivity index is 2.33. The average Bonchev–Trinajstić information content (AvgIpc) is 2.37. The van der Waals surface area contributed by atoms with Crippen molar-refractivity contribution in [3.05, 3.63) is 56.6 Å². The molecule has 19 heavy (non-hydrogen) atoms. The number of benzene rings is 1. The molecule has 0 atom stereocenters. The van der Waals surface area contributed by atoms with Crippen LogP contribution in [0.15, 0.2) is 29.1 Å². The van der Waals surface area contributed by atoms with Crippen LogP contribution in [0.2, 0.25) is 5.02 Å². The summed E-state index contributed by atoms with van der Waals surface area (Å²) in [6.07, 6.45) is 1.68. The SMILES string of the molecule is CCCc1c(O)nc(Cc2ccccc2Cl)[nH]c1=O. The summed E-state index contributed by atoms with van der Waals surface area (Å²) >= 11 is 6.05. The molecule has 4 nitrogen and oxygen atoms in total. The van der Waals surface area contributed by atoms with Crippen molar-refractivity contribution in [1.29, 1.82) is 0 Å². The molecule has 0 amide bonds. The third kappa shape index (κ3) is 3.15. The van der Waals surface area contributed by atoms with Crippen LogP contribution in [-0.4, -0.2) is 15.1 Å². The van der Waals surface area contributed by atoms with Crippen molar-refractivity contribution < 1.29 is 5.11 Å². The Morgan fingerprint density at radius 3 is 2.74 bits per heavy atom. The monoisotopic (exact) mass is 278 g/mol. The van der Waals surface area contributed by atoms with Crippen LogP contribution in [0.3, 0.4) is 0 Å². The maximum Gasteiger partial charge on any atom is 0.257 e. The molecule has 0 bridgehead atoms. The number of aromatic hydroxyl groups is 1. The van der Waals surface area contributed by atoms with Gasteiger partial charge in [-0.25, -0.2) is 0 Å². The van der Waals surface area contributed by atoms with Crippen molar-refractivity contribution in [2.75, 3.05) is 0 Å². The van der Waals surface area contributed by atoms with E-state index in [2.05, 4.69) is 9.97 Å². The van der Waals surface area contributed by atoms with Crippen LogP contribution < -0.4 is 5.56 Å². The van der Waals surface area contributed by atoms with Gasteiger partial charge in [0.15, 0.2) is 0 Å². The van der Waals surface area contributed by atoms with Gasteiger partial charge in [-0.15, -0.1) is 0 Å². The van der Waals surface area contributed by atoms with Gasteiger partial charge in [0.2, 0.25) is 5.88 Å². The van der Waals surface area contributed by atoms with Crippen molar-refractivity contribution >= 4 is 11.6 Å². The van der Waals surface area contributed by atoms with Gasteiger partial charge >= 0.3 is 0 Å². The molecule has 2 aromatic rings. The molecule has 1 heterocycles. The summed E-state index contributed by atoms with van der Waals surface area (Å²) in [5.41, 5.74) is 0.914. The van der Waals surface area contributed by atoms with E-state index in [0.717, 1.165) is 12.0 Å². The standard InChI is InChI=1S/C14H15ClN2O2/c1-2-5-10-13(18)16-12(17-14(10)19)8-9-6-3-4-7-11(9)15/h3-4,6-7H,2,5,8H2,1H3,(H2,16,17,18,19). The minimum atomic E-state index is -0.281. The van der Waals surface area contributed by atoms with Crippen LogP contribution in [-0.2, 0) is 12.8 Å². The highest BCUT2D eigenvalue weighted by Crippen LogP contribution is 2.18. The molecule has 100 valence electrons. The molecule has 0 unspecified atom stereocenters. The molecule has 0 radical (unpaired) electrons. The van der Waals surface area contributed by atoms with Gasteiger partial charge in [0.25, 0.3) is 5.56 Å². The van der Waals surface area contributed by atoms with Crippen LogP contribution in [0.4, 0.5) is 0 Å². The Bertz CT molecular complexity index is 638. The molecule has 0 aliphatic heterocycles. The molecule has 2 rings (SSSR count). The summed E-state index contributed by atoms with van der Waals surface area (Å²) in [7, 11) is 0. The lowest BCUT2D eigenvalue weighted by Gasteiger charge is -2.06. The minimum absolute atomic E-state index is 0.187. The van der Waals surface area contributed by atoms with E-state index in [1.54, 1.807) is 6.07 Å². The molecular weight excluding hydrogens is 264 g/mol. The molecule has 1 aromatic heterocycles. The first-order valence-electron chi connectivity index (χ1n) is 6.16. The van der Waals surface area contributed by atoms with E-state index in [-0.39, 0.29) is 11.4 Å².